The Morgan fingerprint density at radius 3 is 2.87 bits per heavy atom. The molecule has 2 aromatic heterocycles. The molecule has 2 aromatic carbocycles. The van der Waals surface area contributed by atoms with E-state index in [-0.39, 0.29) is 11.9 Å². The number of carbonyl (C=O) groups is 1. The topological polar surface area (TPSA) is 64.1 Å². The quantitative estimate of drug-likeness (QED) is 0.468. The Morgan fingerprint density at radius 1 is 1.06 bits per heavy atom. The van der Waals surface area contributed by atoms with Gasteiger partial charge in [-0.25, -0.2) is 4.98 Å². The Hall–Kier alpha value is -3.25. The minimum atomic E-state index is -0.0732. The van der Waals surface area contributed by atoms with E-state index in [0.717, 1.165) is 38.5 Å². The maximum absolute atomic E-state index is 13.0. The minimum absolute atomic E-state index is 0.0404. The van der Waals surface area contributed by atoms with Crippen molar-refractivity contribution in [1.29, 1.82) is 0 Å². The Kier molecular flexibility index (Phi) is 4.46. The fraction of sp³-hybridized carbons (Fsp3) is 0.240. The number of pyridine rings is 1. The normalized spacial score (nSPS) is 17.7. The van der Waals surface area contributed by atoms with Crippen molar-refractivity contribution in [2.45, 2.75) is 31.2 Å². The molecule has 0 spiro atoms. The molecule has 0 bridgehead atoms. The van der Waals surface area contributed by atoms with Crippen LogP contribution in [0.2, 0.25) is 0 Å². The predicted octanol–water partition coefficient (Wildman–Crippen LogP) is 5.49. The molecule has 1 atom stereocenters. The summed E-state index contributed by atoms with van der Waals surface area (Å²) in [5.41, 5.74) is 4.94. The number of fused-ring (bicyclic) bond motifs is 2. The number of ether oxygens (including phenoxy) is 1. The number of benzene rings is 2. The largest absolute Gasteiger partial charge is 0.493 e. The van der Waals surface area contributed by atoms with Gasteiger partial charge in [0.15, 0.2) is 0 Å². The highest BCUT2D eigenvalue weighted by Gasteiger charge is 2.25. The van der Waals surface area contributed by atoms with Gasteiger partial charge in [-0.3, -0.25) is 9.78 Å². The van der Waals surface area contributed by atoms with Crippen molar-refractivity contribution in [2.24, 2.45) is 0 Å². The summed E-state index contributed by atoms with van der Waals surface area (Å²) < 4.78 is 6.71. The lowest BCUT2D eigenvalue weighted by atomic mass is 10.00. The molecule has 1 saturated carbocycles. The molecule has 1 unspecified atom stereocenters. The third kappa shape index (κ3) is 3.57. The monoisotopic (exact) mass is 427 g/mol. The Bertz CT molecular complexity index is 1290. The summed E-state index contributed by atoms with van der Waals surface area (Å²) >= 11 is 1.61. The van der Waals surface area contributed by atoms with Crippen molar-refractivity contribution in [1.82, 2.24) is 15.3 Å². The van der Waals surface area contributed by atoms with Gasteiger partial charge in [0, 0.05) is 35.5 Å². The molecule has 4 aromatic rings. The van der Waals surface area contributed by atoms with Crippen LogP contribution in [0.15, 0.2) is 60.9 Å². The first kappa shape index (κ1) is 18.5. The molecule has 6 rings (SSSR count). The summed E-state index contributed by atoms with van der Waals surface area (Å²) in [6, 6.07) is 15.8. The van der Waals surface area contributed by atoms with Crippen molar-refractivity contribution < 1.29 is 9.53 Å². The molecule has 6 heteroatoms. The van der Waals surface area contributed by atoms with Gasteiger partial charge in [-0.1, -0.05) is 18.2 Å². The molecule has 3 heterocycles. The van der Waals surface area contributed by atoms with Crippen LogP contribution >= 0.6 is 11.3 Å². The number of nitrogens with one attached hydrogen (secondary N) is 1. The molecule has 31 heavy (non-hydrogen) atoms. The average molecular weight is 428 g/mol. The first-order valence-electron chi connectivity index (χ1n) is 10.6. The van der Waals surface area contributed by atoms with Crippen LogP contribution in [0, 0.1) is 0 Å². The zero-order valence-corrected chi connectivity index (χ0v) is 17.7. The van der Waals surface area contributed by atoms with Gasteiger partial charge in [0.25, 0.3) is 5.91 Å². The van der Waals surface area contributed by atoms with Crippen molar-refractivity contribution in [3.8, 4) is 16.3 Å². The summed E-state index contributed by atoms with van der Waals surface area (Å²) in [6.07, 6.45) is 7.10. The van der Waals surface area contributed by atoms with Crippen LogP contribution in [0.5, 0.6) is 5.75 Å². The average Bonchev–Trinajstić information content (AvgIpc) is 3.58. The van der Waals surface area contributed by atoms with Crippen molar-refractivity contribution >= 4 is 27.5 Å². The summed E-state index contributed by atoms with van der Waals surface area (Å²) in [6.45, 7) is 0.604. The fourth-order valence-corrected chi connectivity index (χ4v) is 5.12. The van der Waals surface area contributed by atoms with Gasteiger partial charge in [-0.15, -0.1) is 11.3 Å². The van der Waals surface area contributed by atoms with Gasteiger partial charge >= 0.3 is 0 Å². The summed E-state index contributed by atoms with van der Waals surface area (Å²) in [4.78, 5) is 22.2. The van der Waals surface area contributed by atoms with Gasteiger partial charge in [0.2, 0.25) is 0 Å². The van der Waals surface area contributed by atoms with Crippen molar-refractivity contribution in [3.05, 3.63) is 77.6 Å². The number of nitrogens with zero attached hydrogens (tertiary/aromatic N) is 2. The molecule has 0 saturated heterocycles. The number of aromatic nitrogens is 2. The molecular weight excluding hydrogens is 406 g/mol. The van der Waals surface area contributed by atoms with Crippen LogP contribution in [0.25, 0.3) is 20.8 Å². The van der Waals surface area contributed by atoms with E-state index in [9.17, 15) is 4.79 Å². The Morgan fingerprint density at radius 2 is 1.97 bits per heavy atom. The second-order valence-corrected chi connectivity index (χ2v) is 9.21. The zero-order valence-electron chi connectivity index (χ0n) is 16.9. The fourth-order valence-electron chi connectivity index (χ4n) is 4.14. The van der Waals surface area contributed by atoms with E-state index in [1.165, 1.54) is 18.4 Å². The maximum atomic E-state index is 13.0. The second kappa shape index (κ2) is 7.46. The van der Waals surface area contributed by atoms with Crippen molar-refractivity contribution in [2.75, 3.05) is 6.61 Å². The lowest BCUT2D eigenvalue weighted by molar-refractivity contribution is 0.0925. The van der Waals surface area contributed by atoms with E-state index >= 15 is 0 Å². The molecule has 2 aliphatic rings. The second-order valence-electron chi connectivity index (χ2n) is 8.18. The van der Waals surface area contributed by atoms with E-state index in [4.69, 9.17) is 9.72 Å². The van der Waals surface area contributed by atoms with Crippen LogP contribution in [-0.4, -0.2) is 22.5 Å². The van der Waals surface area contributed by atoms with Crippen LogP contribution in [0.4, 0.5) is 0 Å². The third-order valence-corrected chi connectivity index (χ3v) is 7.04. The molecule has 0 radical (unpaired) electrons. The number of rotatable bonds is 4. The molecule has 154 valence electrons. The third-order valence-electron chi connectivity index (χ3n) is 5.97. The number of hydrogen-bond acceptors (Lipinski definition) is 5. The molecule has 1 amide bonds. The van der Waals surface area contributed by atoms with Gasteiger partial charge in [-0.2, -0.15) is 0 Å². The summed E-state index contributed by atoms with van der Waals surface area (Å²) in [5.74, 6) is 1.44. The van der Waals surface area contributed by atoms with Gasteiger partial charge in [0.05, 0.1) is 22.9 Å². The maximum Gasteiger partial charge on any atom is 0.251 e. The lowest BCUT2D eigenvalue weighted by Crippen LogP contribution is -2.32. The van der Waals surface area contributed by atoms with Crippen LogP contribution < -0.4 is 10.1 Å². The predicted molar refractivity (Wildman–Crippen MR) is 122 cm³/mol. The van der Waals surface area contributed by atoms with Gasteiger partial charge < -0.3 is 10.1 Å². The van der Waals surface area contributed by atoms with Crippen LogP contribution in [0.3, 0.4) is 0 Å². The standard InChI is InChI=1S/C25H21N3O2S/c29-24(27-20-9-10-30-22-4-2-1-3-19(20)22)16-7-8-21-23(12-16)31-25(28-21)18-11-17(13-26-14-18)15-5-6-15/h1-4,7-8,11-15,20H,5-6,9-10H2,(H,27,29). The number of hydrogen-bond donors (Lipinski definition) is 1. The Labute approximate surface area is 184 Å². The molecule has 5 nitrogen and oxygen atoms in total. The number of thiazole rings is 1. The number of para-hydroxylation sites is 1. The molecule has 1 aliphatic heterocycles. The highest BCUT2D eigenvalue weighted by atomic mass is 32.1. The first-order valence-corrected chi connectivity index (χ1v) is 11.4. The first-order chi connectivity index (χ1) is 15.2. The molecular formula is C25H21N3O2S. The van der Waals surface area contributed by atoms with Crippen LogP contribution in [-0.2, 0) is 0 Å². The highest BCUT2D eigenvalue weighted by molar-refractivity contribution is 7.21. The molecule has 1 fully saturated rings. The van der Waals surface area contributed by atoms with Crippen molar-refractivity contribution in [3.63, 3.8) is 0 Å². The van der Waals surface area contributed by atoms with E-state index in [1.54, 1.807) is 11.3 Å². The number of carbonyl (C=O) groups excluding carboxylic acids is 1. The summed E-state index contributed by atoms with van der Waals surface area (Å²) in [5, 5.41) is 4.12. The molecule has 1 N–H and O–H groups in total. The summed E-state index contributed by atoms with van der Waals surface area (Å²) in [7, 11) is 0. The van der Waals surface area contributed by atoms with E-state index in [2.05, 4.69) is 16.4 Å². The van der Waals surface area contributed by atoms with Crippen LogP contribution in [0.1, 0.15) is 52.7 Å². The van der Waals surface area contributed by atoms with E-state index in [0.29, 0.717) is 18.1 Å². The SMILES string of the molecule is O=C(NC1CCOc2ccccc21)c1ccc2nc(-c3cncc(C4CC4)c3)sc2c1. The van der Waals surface area contributed by atoms with Gasteiger partial charge in [-0.05, 0) is 54.7 Å². The zero-order chi connectivity index (χ0) is 20.8. The minimum Gasteiger partial charge on any atom is -0.493 e. The van der Waals surface area contributed by atoms with E-state index in [1.807, 2.05) is 54.9 Å². The highest BCUT2D eigenvalue weighted by Crippen LogP contribution is 2.41. The van der Waals surface area contributed by atoms with Gasteiger partial charge in [0.1, 0.15) is 10.8 Å². The Balaban J connectivity index is 1.26. The van der Waals surface area contributed by atoms with E-state index < -0.39 is 0 Å². The number of amides is 1. The molecule has 1 aliphatic carbocycles. The smallest absolute Gasteiger partial charge is 0.251 e. The lowest BCUT2D eigenvalue weighted by Gasteiger charge is -2.26.